The summed E-state index contributed by atoms with van der Waals surface area (Å²) >= 11 is 0. The lowest BCUT2D eigenvalue weighted by Crippen LogP contribution is -2.71. The Kier molecular flexibility index (Phi) is 7.64. The number of aliphatic hydroxyl groups is 2. The first kappa shape index (κ1) is 29.5. The number of Topliss-reactive ketones (excluding diaryl/α,β-unsaturated/α-hetero) is 1. The van der Waals surface area contributed by atoms with Gasteiger partial charge in [-0.2, -0.15) is 0 Å². The first-order valence-corrected chi connectivity index (χ1v) is 14.7. The van der Waals surface area contributed by atoms with Crippen LogP contribution in [-0.2, 0) is 14.3 Å². The second-order valence-electron chi connectivity index (χ2n) is 14.3. The van der Waals surface area contributed by atoms with Crippen LogP contribution >= 0.6 is 0 Å². The number of aliphatic hydroxyl groups excluding tert-OH is 2. The van der Waals surface area contributed by atoms with E-state index in [-0.39, 0.29) is 45.8 Å². The Morgan fingerprint density at radius 2 is 1.68 bits per heavy atom. The Hall–Kier alpha value is -1.50. The molecule has 10 atom stereocenters. The van der Waals surface area contributed by atoms with Crippen molar-refractivity contribution in [1.29, 1.82) is 0 Å². The minimum atomic E-state index is -0.695. The van der Waals surface area contributed by atoms with Gasteiger partial charge >= 0.3 is 5.97 Å². The number of allylic oxidation sites excluding steroid dienone is 3. The number of fused-ring (bicyclic) bond motifs is 5. The van der Waals surface area contributed by atoms with Crippen molar-refractivity contribution in [3.8, 4) is 0 Å². The zero-order valence-electron chi connectivity index (χ0n) is 24.9. The van der Waals surface area contributed by atoms with E-state index in [0.29, 0.717) is 25.7 Å². The molecule has 214 valence electrons. The second kappa shape index (κ2) is 9.85. The number of hydrogen-bond acceptors (Lipinski definition) is 6. The largest absolute Gasteiger partial charge is 0.458 e. The summed E-state index contributed by atoms with van der Waals surface area (Å²) < 4.78 is 5.98. The number of hydrogen-bond donors (Lipinski definition) is 3. The normalized spacial score (nSPS) is 47.3. The molecule has 4 aliphatic rings. The lowest BCUT2D eigenvalue weighted by molar-refractivity contribution is -0.237. The fourth-order valence-corrected chi connectivity index (χ4v) is 10.1. The number of carbonyl (C=O) groups excluding carboxylic acids is 2. The minimum Gasteiger partial charge on any atom is -0.458 e. The first-order valence-electron chi connectivity index (χ1n) is 14.7. The van der Waals surface area contributed by atoms with Crippen LogP contribution in [0.4, 0.5) is 0 Å². The van der Waals surface area contributed by atoms with Crippen molar-refractivity contribution in [3.05, 3.63) is 22.8 Å². The van der Waals surface area contributed by atoms with Gasteiger partial charge in [-0.05, 0) is 124 Å². The molecule has 0 saturated heterocycles. The van der Waals surface area contributed by atoms with Gasteiger partial charge in [0, 0.05) is 12.5 Å². The molecule has 6 heteroatoms. The Morgan fingerprint density at radius 1 is 1.03 bits per heavy atom. The van der Waals surface area contributed by atoms with Gasteiger partial charge in [0.1, 0.15) is 6.10 Å². The predicted octanol–water partition coefficient (Wildman–Crippen LogP) is 5.25. The fourth-order valence-electron chi connectivity index (χ4n) is 10.1. The van der Waals surface area contributed by atoms with Crippen LogP contribution in [-0.4, -0.2) is 45.8 Å². The van der Waals surface area contributed by atoms with Gasteiger partial charge < -0.3 is 20.7 Å². The number of rotatable bonds is 5. The van der Waals surface area contributed by atoms with Crippen molar-refractivity contribution in [2.45, 2.75) is 131 Å². The summed E-state index contributed by atoms with van der Waals surface area (Å²) in [5.41, 5.74) is 8.35. The molecule has 0 amide bonds. The fraction of sp³-hybridized carbons (Fsp3) is 0.812. The molecule has 38 heavy (non-hydrogen) atoms. The summed E-state index contributed by atoms with van der Waals surface area (Å²) in [5.74, 6) is -0.216. The number of nitrogens with two attached hydrogens (primary N) is 1. The van der Waals surface area contributed by atoms with Crippen molar-refractivity contribution in [1.82, 2.24) is 0 Å². The maximum Gasteiger partial charge on any atom is 0.303 e. The predicted molar refractivity (Wildman–Crippen MR) is 149 cm³/mol. The van der Waals surface area contributed by atoms with Crippen molar-refractivity contribution < 1.29 is 24.5 Å². The van der Waals surface area contributed by atoms with E-state index in [9.17, 15) is 19.8 Å². The molecule has 0 aliphatic heterocycles. The van der Waals surface area contributed by atoms with Crippen molar-refractivity contribution >= 4 is 11.8 Å². The number of ketones is 1. The van der Waals surface area contributed by atoms with E-state index in [1.54, 1.807) is 6.92 Å². The average molecular weight is 530 g/mol. The minimum absolute atomic E-state index is 0.00848. The summed E-state index contributed by atoms with van der Waals surface area (Å²) in [6, 6.07) is 0. The average Bonchev–Trinajstić information content (AvgIpc) is 3.05. The third-order valence-electron chi connectivity index (χ3n) is 11.9. The van der Waals surface area contributed by atoms with Crippen molar-refractivity contribution in [2.75, 3.05) is 0 Å². The summed E-state index contributed by atoms with van der Waals surface area (Å²) in [5, 5.41) is 22.8. The van der Waals surface area contributed by atoms with E-state index >= 15 is 0 Å². The molecule has 4 saturated carbocycles. The van der Waals surface area contributed by atoms with Crippen LogP contribution in [0.3, 0.4) is 0 Å². The first-order chi connectivity index (χ1) is 17.5. The van der Waals surface area contributed by atoms with Crippen molar-refractivity contribution in [3.63, 3.8) is 0 Å². The zero-order valence-corrected chi connectivity index (χ0v) is 24.9. The third-order valence-corrected chi connectivity index (χ3v) is 11.9. The highest BCUT2D eigenvalue weighted by Gasteiger charge is 2.71. The van der Waals surface area contributed by atoms with Gasteiger partial charge in [-0.25, -0.2) is 0 Å². The van der Waals surface area contributed by atoms with Gasteiger partial charge in [0.05, 0.1) is 12.2 Å². The molecule has 4 fully saturated rings. The van der Waals surface area contributed by atoms with E-state index in [4.69, 9.17) is 10.5 Å². The third kappa shape index (κ3) is 4.34. The highest BCUT2D eigenvalue weighted by atomic mass is 16.5. The second-order valence-corrected chi connectivity index (χ2v) is 14.3. The molecule has 4 rings (SSSR count). The van der Waals surface area contributed by atoms with E-state index in [1.807, 2.05) is 6.92 Å². The standard InChI is InChI=1S/C32H51NO5/c1-18(2)10-9-11-21(19(3)34)27-22-16-23(36)28-29(5)14-13-26(37)32(8,33)25(29)12-15-30(28,6)31(22,7)17-24(27)38-20(4)35/h10,22-26,28,36-37H,9,11-17,33H2,1-8H3/b27-21-/t22-,23+,24-,25+,26+,28-,29-,30-,31-,32+/m0/s1. The molecule has 4 aliphatic carbocycles. The van der Waals surface area contributed by atoms with E-state index < -0.39 is 23.9 Å². The summed E-state index contributed by atoms with van der Waals surface area (Å²) in [4.78, 5) is 25.4. The van der Waals surface area contributed by atoms with E-state index in [0.717, 1.165) is 36.8 Å². The van der Waals surface area contributed by atoms with E-state index in [1.165, 1.54) is 12.5 Å². The molecule has 0 aromatic rings. The SMILES string of the molecule is CC(=O)O[C@H]1C[C@@]2(C)[C@@H](C[C@@H](O)[C@H]3[C@@]4(C)CC[C@@H](O)[C@](C)(N)[C@@H]4CC[C@@]32C)/C1=C(\CCC=C(C)C)C(C)=O. The van der Waals surface area contributed by atoms with Crippen LogP contribution in [0, 0.1) is 34.0 Å². The highest BCUT2D eigenvalue weighted by molar-refractivity contribution is 5.94. The van der Waals surface area contributed by atoms with Crippen molar-refractivity contribution in [2.24, 2.45) is 39.7 Å². The lowest BCUT2D eigenvalue weighted by atomic mass is 9.36. The molecule has 0 bridgehead atoms. The molecule has 4 N–H and O–H groups in total. The number of carbonyl (C=O) groups is 2. The molecule has 0 spiro atoms. The zero-order chi connectivity index (χ0) is 28.4. The molecule has 0 unspecified atom stereocenters. The monoisotopic (exact) mass is 529 g/mol. The summed E-state index contributed by atoms with van der Waals surface area (Å²) in [7, 11) is 0. The lowest BCUT2D eigenvalue weighted by Gasteiger charge is -2.70. The molecule has 6 nitrogen and oxygen atoms in total. The van der Waals surface area contributed by atoms with Gasteiger partial charge in [0.15, 0.2) is 5.78 Å². The van der Waals surface area contributed by atoms with Crippen LogP contribution in [0.2, 0.25) is 0 Å². The Bertz CT molecular complexity index is 1040. The Balaban J connectivity index is 1.83. The molecule has 0 heterocycles. The van der Waals surface area contributed by atoms with Crippen LogP contribution in [0.5, 0.6) is 0 Å². The van der Waals surface area contributed by atoms with Gasteiger partial charge in [-0.15, -0.1) is 0 Å². The van der Waals surface area contributed by atoms with Crippen LogP contribution < -0.4 is 5.73 Å². The smallest absolute Gasteiger partial charge is 0.303 e. The van der Waals surface area contributed by atoms with Gasteiger partial charge in [-0.1, -0.05) is 32.4 Å². The van der Waals surface area contributed by atoms with E-state index in [2.05, 4.69) is 40.7 Å². The molecule has 0 aromatic carbocycles. The molecular weight excluding hydrogens is 478 g/mol. The Labute approximate surface area is 229 Å². The maximum atomic E-state index is 13.1. The molecule has 0 aromatic heterocycles. The summed E-state index contributed by atoms with van der Waals surface area (Å²) in [6.45, 7) is 16.1. The quantitative estimate of drug-likeness (QED) is 0.255. The van der Waals surface area contributed by atoms with Gasteiger partial charge in [0.2, 0.25) is 0 Å². The Morgan fingerprint density at radius 3 is 2.26 bits per heavy atom. The highest BCUT2D eigenvalue weighted by Crippen LogP contribution is 2.74. The van der Waals surface area contributed by atoms with Gasteiger partial charge in [-0.3, -0.25) is 9.59 Å². The van der Waals surface area contributed by atoms with Crippen LogP contribution in [0.15, 0.2) is 22.8 Å². The summed E-state index contributed by atoms with van der Waals surface area (Å²) in [6.07, 6.45) is 6.43. The molecular formula is C32H51NO5. The van der Waals surface area contributed by atoms with Gasteiger partial charge in [0.25, 0.3) is 0 Å². The number of esters is 1. The molecule has 0 radical (unpaired) electrons. The topological polar surface area (TPSA) is 110 Å². The van der Waals surface area contributed by atoms with Crippen LogP contribution in [0.25, 0.3) is 0 Å². The number of ether oxygens (including phenoxy) is 1. The maximum absolute atomic E-state index is 13.1. The van der Waals surface area contributed by atoms with Crippen LogP contribution in [0.1, 0.15) is 107 Å².